The summed E-state index contributed by atoms with van der Waals surface area (Å²) in [7, 11) is 1.67. The molecule has 0 bridgehead atoms. The molecule has 2 rings (SSSR count). The third-order valence-corrected chi connectivity index (χ3v) is 3.08. The summed E-state index contributed by atoms with van der Waals surface area (Å²) in [5, 5.41) is 12.6. The molecule has 1 aliphatic carbocycles. The molecular weight excluding hydrogens is 240 g/mol. The number of nitriles is 1. The summed E-state index contributed by atoms with van der Waals surface area (Å²) in [6.45, 7) is 2.79. The number of benzene rings is 1. The van der Waals surface area contributed by atoms with Crippen LogP contribution in [-0.2, 0) is 11.3 Å². The molecule has 1 saturated carbocycles. The van der Waals surface area contributed by atoms with Crippen molar-refractivity contribution in [1.82, 2.24) is 5.32 Å². The van der Waals surface area contributed by atoms with Crippen LogP contribution in [0, 0.1) is 11.3 Å². The van der Waals surface area contributed by atoms with Crippen molar-refractivity contribution in [2.24, 2.45) is 0 Å². The van der Waals surface area contributed by atoms with Crippen molar-refractivity contribution in [2.45, 2.75) is 38.0 Å². The molecule has 1 aromatic carbocycles. The fourth-order valence-electron chi connectivity index (χ4n) is 1.90. The lowest BCUT2D eigenvalue weighted by molar-refractivity contribution is 0.184. The molecule has 19 heavy (non-hydrogen) atoms. The number of nitrogens with one attached hydrogen (secondary N) is 1. The molecule has 1 unspecified atom stereocenters. The molecule has 102 valence electrons. The molecule has 0 spiro atoms. The fraction of sp³-hybridized carbons (Fsp3) is 0.533. The highest BCUT2D eigenvalue weighted by atomic mass is 16.5. The van der Waals surface area contributed by atoms with Gasteiger partial charge in [-0.1, -0.05) is 12.1 Å². The Morgan fingerprint density at radius 1 is 1.47 bits per heavy atom. The molecule has 1 N–H and O–H groups in total. The monoisotopic (exact) mass is 260 g/mol. The zero-order valence-corrected chi connectivity index (χ0v) is 11.5. The summed E-state index contributed by atoms with van der Waals surface area (Å²) in [5.41, 5.74) is 0.437. The van der Waals surface area contributed by atoms with Crippen LogP contribution in [0.5, 0.6) is 5.75 Å². The SMILES string of the molecule is COCc1cccc(OCC(C)(C#N)NC2CC2)c1. The van der Waals surface area contributed by atoms with E-state index in [0.29, 0.717) is 19.3 Å². The summed E-state index contributed by atoms with van der Waals surface area (Å²) in [6, 6.07) is 10.5. The van der Waals surface area contributed by atoms with Crippen molar-refractivity contribution in [3.05, 3.63) is 29.8 Å². The molecule has 0 aliphatic heterocycles. The maximum absolute atomic E-state index is 9.27. The Kier molecular flexibility index (Phi) is 4.41. The van der Waals surface area contributed by atoms with Crippen LogP contribution in [-0.4, -0.2) is 25.3 Å². The molecule has 0 radical (unpaired) electrons. The molecule has 1 fully saturated rings. The Morgan fingerprint density at radius 3 is 2.89 bits per heavy atom. The Hall–Kier alpha value is -1.57. The van der Waals surface area contributed by atoms with E-state index < -0.39 is 5.54 Å². The largest absolute Gasteiger partial charge is 0.491 e. The van der Waals surface area contributed by atoms with Crippen molar-refractivity contribution in [3.63, 3.8) is 0 Å². The summed E-state index contributed by atoms with van der Waals surface area (Å²) in [5.74, 6) is 0.772. The molecule has 1 atom stereocenters. The van der Waals surface area contributed by atoms with Gasteiger partial charge in [0.05, 0.1) is 12.7 Å². The molecule has 0 aromatic heterocycles. The van der Waals surface area contributed by atoms with Gasteiger partial charge in [0, 0.05) is 13.2 Å². The minimum absolute atomic E-state index is 0.344. The molecular formula is C15H20N2O2. The van der Waals surface area contributed by atoms with Crippen LogP contribution in [0.1, 0.15) is 25.3 Å². The van der Waals surface area contributed by atoms with Crippen molar-refractivity contribution >= 4 is 0 Å². The third kappa shape index (κ3) is 4.23. The standard InChI is InChI=1S/C15H20N2O2/c1-15(10-16,17-13-6-7-13)11-19-14-5-3-4-12(8-14)9-18-2/h3-5,8,13,17H,6-7,9,11H2,1-2H3. The number of rotatable bonds is 7. The first-order valence-electron chi connectivity index (χ1n) is 6.55. The first-order chi connectivity index (χ1) is 9.15. The molecule has 0 heterocycles. The average molecular weight is 260 g/mol. The first kappa shape index (κ1) is 13.9. The summed E-state index contributed by atoms with van der Waals surface area (Å²) >= 11 is 0. The van der Waals surface area contributed by atoms with E-state index in [9.17, 15) is 5.26 Å². The van der Waals surface area contributed by atoms with E-state index >= 15 is 0 Å². The predicted octanol–water partition coefficient (Wildman–Crippen LogP) is 2.25. The van der Waals surface area contributed by atoms with Gasteiger partial charge in [0.1, 0.15) is 17.9 Å². The second-order valence-electron chi connectivity index (χ2n) is 5.23. The Labute approximate surface area is 114 Å². The minimum Gasteiger partial charge on any atom is -0.491 e. The van der Waals surface area contributed by atoms with E-state index in [1.807, 2.05) is 31.2 Å². The van der Waals surface area contributed by atoms with Gasteiger partial charge in [-0.25, -0.2) is 0 Å². The lowest BCUT2D eigenvalue weighted by Crippen LogP contribution is -2.47. The van der Waals surface area contributed by atoms with Crippen molar-refractivity contribution in [2.75, 3.05) is 13.7 Å². The van der Waals surface area contributed by atoms with E-state index in [0.717, 1.165) is 24.2 Å². The third-order valence-electron chi connectivity index (χ3n) is 3.08. The fourth-order valence-corrected chi connectivity index (χ4v) is 1.90. The van der Waals surface area contributed by atoms with Gasteiger partial charge >= 0.3 is 0 Å². The van der Waals surface area contributed by atoms with Gasteiger partial charge in [-0.05, 0) is 37.5 Å². The molecule has 4 nitrogen and oxygen atoms in total. The van der Waals surface area contributed by atoms with Crippen molar-refractivity contribution in [3.8, 4) is 11.8 Å². The van der Waals surface area contributed by atoms with Crippen LogP contribution in [0.2, 0.25) is 0 Å². The zero-order valence-electron chi connectivity index (χ0n) is 11.5. The topological polar surface area (TPSA) is 54.3 Å². The Bertz CT molecular complexity index is 465. The number of hydrogen-bond donors (Lipinski definition) is 1. The lowest BCUT2D eigenvalue weighted by atomic mass is 10.1. The highest BCUT2D eigenvalue weighted by molar-refractivity contribution is 5.28. The highest BCUT2D eigenvalue weighted by Gasteiger charge is 2.33. The summed E-state index contributed by atoms with van der Waals surface area (Å²) < 4.78 is 10.8. The molecule has 1 aromatic rings. The number of nitrogens with zero attached hydrogens (tertiary/aromatic N) is 1. The number of hydrogen-bond acceptors (Lipinski definition) is 4. The van der Waals surface area contributed by atoms with E-state index in [-0.39, 0.29) is 0 Å². The summed E-state index contributed by atoms with van der Waals surface area (Å²) in [6.07, 6.45) is 2.31. The maximum Gasteiger partial charge on any atom is 0.138 e. The second-order valence-corrected chi connectivity index (χ2v) is 5.23. The van der Waals surface area contributed by atoms with Crippen LogP contribution in [0.3, 0.4) is 0 Å². The van der Waals surface area contributed by atoms with E-state index in [1.165, 1.54) is 0 Å². The number of ether oxygens (including phenoxy) is 2. The predicted molar refractivity (Wildman–Crippen MR) is 72.8 cm³/mol. The van der Waals surface area contributed by atoms with Crippen LogP contribution in [0.4, 0.5) is 0 Å². The van der Waals surface area contributed by atoms with E-state index in [2.05, 4.69) is 11.4 Å². The van der Waals surface area contributed by atoms with Crippen LogP contribution in [0.25, 0.3) is 0 Å². The van der Waals surface area contributed by atoms with Gasteiger partial charge in [-0.15, -0.1) is 0 Å². The van der Waals surface area contributed by atoms with E-state index in [1.54, 1.807) is 7.11 Å². The minimum atomic E-state index is -0.627. The van der Waals surface area contributed by atoms with Gasteiger partial charge in [-0.2, -0.15) is 5.26 Å². The molecule has 1 aliphatic rings. The van der Waals surface area contributed by atoms with Crippen molar-refractivity contribution < 1.29 is 9.47 Å². The van der Waals surface area contributed by atoms with Crippen molar-refractivity contribution in [1.29, 1.82) is 5.26 Å². The number of methoxy groups -OCH3 is 1. The average Bonchev–Trinajstić information content (AvgIpc) is 3.21. The highest BCUT2D eigenvalue weighted by Crippen LogP contribution is 2.23. The second kappa shape index (κ2) is 6.05. The van der Waals surface area contributed by atoms with Crippen LogP contribution < -0.4 is 10.1 Å². The maximum atomic E-state index is 9.27. The van der Waals surface area contributed by atoms with Gasteiger partial charge in [0.25, 0.3) is 0 Å². The molecule has 4 heteroatoms. The van der Waals surface area contributed by atoms with E-state index in [4.69, 9.17) is 9.47 Å². The smallest absolute Gasteiger partial charge is 0.138 e. The Morgan fingerprint density at radius 2 is 2.26 bits per heavy atom. The first-order valence-corrected chi connectivity index (χ1v) is 6.55. The van der Waals surface area contributed by atoms with Gasteiger partial charge in [0.2, 0.25) is 0 Å². The molecule has 0 amide bonds. The molecule has 0 saturated heterocycles. The van der Waals surface area contributed by atoms with Gasteiger partial charge in [-0.3, -0.25) is 5.32 Å². The quantitative estimate of drug-likeness (QED) is 0.817. The zero-order chi connectivity index (χ0) is 13.7. The normalized spacial score (nSPS) is 17.5. The lowest BCUT2D eigenvalue weighted by Gasteiger charge is -2.23. The van der Waals surface area contributed by atoms with Gasteiger partial charge in [0.15, 0.2) is 0 Å². The van der Waals surface area contributed by atoms with Crippen LogP contribution in [0.15, 0.2) is 24.3 Å². The summed E-state index contributed by atoms with van der Waals surface area (Å²) in [4.78, 5) is 0. The van der Waals surface area contributed by atoms with Gasteiger partial charge < -0.3 is 9.47 Å². The van der Waals surface area contributed by atoms with Crippen LogP contribution >= 0.6 is 0 Å². The Balaban J connectivity index is 1.92.